The van der Waals surface area contributed by atoms with E-state index in [4.69, 9.17) is 4.74 Å². The molecule has 6 nitrogen and oxygen atoms in total. The second-order valence-corrected chi connectivity index (χ2v) is 10.2. The largest absolute Gasteiger partial charge is 0.365 e. The van der Waals surface area contributed by atoms with Gasteiger partial charge in [0.25, 0.3) is 5.56 Å². The molecule has 3 heterocycles. The molecule has 0 N–H and O–H groups in total. The Labute approximate surface area is 199 Å². The molecule has 0 saturated heterocycles. The van der Waals surface area contributed by atoms with Crippen LogP contribution in [0.25, 0.3) is 22.2 Å². The lowest BCUT2D eigenvalue weighted by molar-refractivity contribution is -0.00761. The molecule has 5 rings (SSSR count). The molecule has 0 amide bonds. The van der Waals surface area contributed by atoms with E-state index in [0.29, 0.717) is 17.5 Å². The topological polar surface area (TPSA) is 58.2 Å². The lowest BCUT2D eigenvalue weighted by Crippen LogP contribution is -2.40. The van der Waals surface area contributed by atoms with E-state index in [1.807, 2.05) is 30.3 Å². The van der Waals surface area contributed by atoms with E-state index in [0.717, 1.165) is 33.6 Å². The van der Waals surface area contributed by atoms with Crippen molar-refractivity contribution < 1.29 is 4.74 Å². The second-order valence-electron chi connectivity index (χ2n) is 10.2. The average molecular weight is 458 g/mol. The zero-order valence-electron chi connectivity index (χ0n) is 20.9. The fraction of sp³-hybridized carbons (Fsp3) is 0.357. The highest BCUT2D eigenvalue weighted by atomic mass is 16.5. The third kappa shape index (κ3) is 3.05. The highest BCUT2D eigenvalue weighted by molar-refractivity contribution is 5.96. The zero-order chi connectivity index (χ0) is 24.5. The molecule has 176 valence electrons. The zero-order valence-corrected chi connectivity index (χ0v) is 20.9. The maximum atomic E-state index is 13.6. The van der Waals surface area contributed by atoms with E-state index < -0.39 is 11.6 Å². The summed E-state index contributed by atoms with van der Waals surface area (Å²) >= 11 is 0. The lowest BCUT2D eigenvalue weighted by atomic mass is 9.91. The molecule has 2 aromatic carbocycles. The van der Waals surface area contributed by atoms with Crippen LogP contribution in [0.1, 0.15) is 47.9 Å². The first kappa shape index (κ1) is 22.4. The van der Waals surface area contributed by atoms with Crippen LogP contribution in [0.4, 0.5) is 0 Å². The molecule has 34 heavy (non-hydrogen) atoms. The Morgan fingerprint density at radius 1 is 0.941 bits per heavy atom. The van der Waals surface area contributed by atoms with E-state index in [9.17, 15) is 9.59 Å². The smallest absolute Gasteiger partial charge is 0.331 e. The van der Waals surface area contributed by atoms with Gasteiger partial charge < -0.3 is 9.30 Å². The Hall–Kier alpha value is -3.38. The molecular weight excluding hydrogens is 426 g/mol. The van der Waals surface area contributed by atoms with Gasteiger partial charge in [-0.2, -0.15) is 0 Å². The van der Waals surface area contributed by atoms with Gasteiger partial charge in [-0.15, -0.1) is 0 Å². The Balaban J connectivity index is 2.03. The summed E-state index contributed by atoms with van der Waals surface area (Å²) in [5.74, 6) is 0. The molecule has 6 heteroatoms. The standard InChI is InChI=1S/C28H31N3O3/c1-16-13-17(2)20(18(3)14-16)25-24-23-21(26(32)30(7)27(33)29(23)6)22(19-11-9-8-10-12-19)31(24)28(4,5)15-34-25/h8-14,25H,15H2,1-7H3/t25-/m0/s1. The number of hydrogen-bond donors (Lipinski definition) is 0. The van der Waals surface area contributed by atoms with Crippen molar-refractivity contribution in [2.24, 2.45) is 14.1 Å². The fourth-order valence-electron chi connectivity index (χ4n) is 5.69. The Morgan fingerprint density at radius 3 is 2.18 bits per heavy atom. The summed E-state index contributed by atoms with van der Waals surface area (Å²) in [5.41, 5.74) is 6.79. The van der Waals surface area contributed by atoms with Crippen LogP contribution in [0.3, 0.4) is 0 Å². The van der Waals surface area contributed by atoms with Crippen LogP contribution in [0.2, 0.25) is 0 Å². The predicted molar refractivity (Wildman–Crippen MR) is 136 cm³/mol. The summed E-state index contributed by atoms with van der Waals surface area (Å²) in [5, 5.41) is 0.553. The summed E-state index contributed by atoms with van der Waals surface area (Å²) in [6.45, 7) is 11.0. The van der Waals surface area contributed by atoms with E-state index in [-0.39, 0.29) is 11.2 Å². The highest BCUT2D eigenvalue weighted by Crippen LogP contribution is 2.46. The van der Waals surface area contributed by atoms with Crippen molar-refractivity contribution in [3.63, 3.8) is 0 Å². The van der Waals surface area contributed by atoms with Crippen LogP contribution in [-0.2, 0) is 24.4 Å². The van der Waals surface area contributed by atoms with Gasteiger partial charge in [0.2, 0.25) is 0 Å². The number of aromatic nitrogens is 3. The number of rotatable bonds is 2. The number of ether oxygens (including phenoxy) is 1. The monoisotopic (exact) mass is 457 g/mol. The molecule has 0 fully saturated rings. The minimum Gasteiger partial charge on any atom is -0.365 e. The van der Waals surface area contributed by atoms with Crippen molar-refractivity contribution in [3.8, 4) is 11.3 Å². The van der Waals surface area contributed by atoms with Gasteiger partial charge in [-0.05, 0) is 56.9 Å². The minimum atomic E-state index is -0.427. The minimum absolute atomic E-state index is 0.286. The Morgan fingerprint density at radius 2 is 1.56 bits per heavy atom. The van der Waals surface area contributed by atoms with Gasteiger partial charge in [-0.3, -0.25) is 13.9 Å². The molecule has 0 spiro atoms. The van der Waals surface area contributed by atoms with Crippen LogP contribution in [0, 0.1) is 20.8 Å². The normalized spacial score (nSPS) is 17.2. The molecule has 2 aromatic heterocycles. The molecule has 4 aromatic rings. The van der Waals surface area contributed by atoms with Gasteiger partial charge >= 0.3 is 5.69 Å². The second kappa shape index (κ2) is 7.57. The highest BCUT2D eigenvalue weighted by Gasteiger charge is 2.41. The summed E-state index contributed by atoms with van der Waals surface area (Å²) in [4.78, 5) is 26.7. The van der Waals surface area contributed by atoms with Crippen LogP contribution in [-0.4, -0.2) is 20.3 Å². The van der Waals surface area contributed by atoms with Gasteiger partial charge in [-0.1, -0.05) is 48.0 Å². The predicted octanol–water partition coefficient (Wildman–Crippen LogP) is 4.49. The van der Waals surface area contributed by atoms with Crippen molar-refractivity contribution in [2.45, 2.75) is 46.3 Å². The van der Waals surface area contributed by atoms with Crippen molar-refractivity contribution >= 4 is 10.9 Å². The molecule has 1 aliphatic heterocycles. The van der Waals surface area contributed by atoms with Crippen LogP contribution < -0.4 is 11.2 Å². The van der Waals surface area contributed by atoms with Gasteiger partial charge in [-0.25, -0.2) is 4.79 Å². The number of aryl methyl sites for hydroxylation is 4. The quantitative estimate of drug-likeness (QED) is 0.446. The third-order valence-corrected chi connectivity index (χ3v) is 7.11. The van der Waals surface area contributed by atoms with Gasteiger partial charge in [0.05, 0.1) is 34.4 Å². The molecule has 1 aliphatic rings. The van der Waals surface area contributed by atoms with E-state index in [2.05, 4.69) is 51.3 Å². The molecule has 0 saturated carbocycles. The van der Waals surface area contributed by atoms with Crippen molar-refractivity contribution in [3.05, 3.63) is 91.3 Å². The molecule has 1 atom stereocenters. The molecular formula is C28H31N3O3. The SMILES string of the molecule is Cc1cc(C)c([C@@H]2OCC(C)(C)n3c(-c4ccccc4)c4c(=O)n(C)c(=O)n(C)c4c32)c(C)c1. The number of fused-ring (bicyclic) bond motifs is 3. The maximum Gasteiger partial charge on any atom is 0.331 e. The Kier molecular flexibility index (Phi) is 4.99. The van der Waals surface area contributed by atoms with E-state index in [1.54, 1.807) is 18.7 Å². The molecule has 0 unspecified atom stereocenters. The van der Waals surface area contributed by atoms with Crippen molar-refractivity contribution in [1.82, 2.24) is 13.7 Å². The maximum absolute atomic E-state index is 13.6. The third-order valence-electron chi connectivity index (χ3n) is 7.11. The van der Waals surface area contributed by atoms with Crippen molar-refractivity contribution in [2.75, 3.05) is 6.61 Å². The first-order chi connectivity index (χ1) is 16.0. The summed E-state index contributed by atoms with van der Waals surface area (Å²) < 4.78 is 11.6. The number of benzene rings is 2. The molecule has 0 bridgehead atoms. The van der Waals surface area contributed by atoms with Gasteiger partial charge in [0.15, 0.2) is 0 Å². The Bertz CT molecular complexity index is 1550. The van der Waals surface area contributed by atoms with Crippen LogP contribution in [0.5, 0.6) is 0 Å². The first-order valence-electron chi connectivity index (χ1n) is 11.6. The summed E-state index contributed by atoms with van der Waals surface area (Å²) in [7, 11) is 3.29. The van der Waals surface area contributed by atoms with E-state index in [1.165, 1.54) is 10.1 Å². The number of hydrogen-bond acceptors (Lipinski definition) is 3. The van der Waals surface area contributed by atoms with E-state index >= 15 is 0 Å². The molecule has 0 aliphatic carbocycles. The number of nitrogens with zero attached hydrogens (tertiary/aromatic N) is 3. The summed E-state index contributed by atoms with van der Waals surface area (Å²) in [6.07, 6.45) is -0.397. The van der Waals surface area contributed by atoms with Gasteiger partial charge in [0, 0.05) is 14.1 Å². The average Bonchev–Trinajstić information content (AvgIpc) is 3.15. The first-order valence-corrected chi connectivity index (χ1v) is 11.6. The lowest BCUT2D eigenvalue weighted by Gasteiger charge is -2.40. The molecule has 0 radical (unpaired) electrons. The van der Waals surface area contributed by atoms with Gasteiger partial charge in [0.1, 0.15) is 6.10 Å². The summed E-state index contributed by atoms with van der Waals surface area (Å²) in [6, 6.07) is 14.3. The fourth-order valence-corrected chi connectivity index (χ4v) is 5.69. The van der Waals surface area contributed by atoms with Crippen molar-refractivity contribution in [1.29, 1.82) is 0 Å². The van der Waals surface area contributed by atoms with Crippen LogP contribution >= 0.6 is 0 Å². The van der Waals surface area contributed by atoms with Crippen LogP contribution in [0.15, 0.2) is 52.1 Å².